The minimum Gasteiger partial charge on any atom is -0.465 e. The number of halogens is 1. The molecule has 1 N–H and O–H groups in total. The van der Waals surface area contributed by atoms with Crippen LogP contribution in [-0.4, -0.2) is 13.1 Å². The Morgan fingerprint density at radius 1 is 1.21 bits per heavy atom. The number of esters is 1. The van der Waals surface area contributed by atoms with Crippen LogP contribution in [0.2, 0.25) is 0 Å². The quantitative estimate of drug-likeness (QED) is 0.656. The summed E-state index contributed by atoms with van der Waals surface area (Å²) in [6, 6.07) is 12.6. The molecule has 0 spiro atoms. The maximum atomic E-state index is 14.3. The lowest BCUT2D eigenvalue weighted by atomic mass is 9.77. The number of ether oxygens (including phenoxy) is 1. The molecule has 1 heterocycles. The van der Waals surface area contributed by atoms with Crippen molar-refractivity contribution in [1.82, 2.24) is 0 Å². The first-order valence-electron chi connectivity index (χ1n) is 8.09. The van der Waals surface area contributed by atoms with Gasteiger partial charge >= 0.3 is 5.97 Å². The summed E-state index contributed by atoms with van der Waals surface area (Å²) in [7, 11) is 1.37. The van der Waals surface area contributed by atoms with Gasteiger partial charge in [-0.3, -0.25) is 0 Å². The number of hydrogen-bond acceptors (Lipinski definition) is 3. The van der Waals surface area contributed by atoms with Crippen LogP contribution in [0.1, 0.15) is 39.9 Å². The molecule has 4 heteroatoms. The van der Waals surface area contributed by atoms with E-state index in [2.05, 4.69) is 17.5 Å². The highest BCUT2D eigenvalue weighted by Gasteiger charge is 2.38. The topological polar surface area (TPSA) is 38.3 Å². The highest BCUT2D eigenvalue weighted by molar-refractivity contribution is 5.89. The van der Waals surface area contributed by atoms with E-state index in [0.717, 1.165) is 17.5 Å². The minimum absolute atomic E-state index is 0.0149. The third kappa shape index (κ3) is 2.30. The predicted octanol–water partition coefficient (Wildman–Crippen LogP) is 4.44. The lowest BCUT2D eigenvalue weighted by Gasteiger charge is -2.37. The van der Waals surface area contributed by atoms with E-state index < -0.39 is 0 Å². The summed E-state index contributed by atoms with van der Waals surface area (Å²) in [5.74, 6) is 0.00268. The molecule has 1 aliphatic heterocycles. The van der Waals surface area contributed by atoms with Crippen molar-refractivity contribution < 1.29 is 13.9 Å². The molecule has 122 valence electrons. The molecule has 0 amide bonds. The minimum atomic E-state index is -0.352. The maximum absolute atomic E-state index is 14.3. The number of nitrogens with one attached hydrogen (secondary N) is 1. The molecule has 0 fully saturated rings. The summed E-state index contributed by atoms with van der Waals surface area (Å²) >= 11 is 0. The molecule has 1 aliphatic carbocycles. The van der Waals surface area contributed by atoms with Crippen molar-refractivity contribution in [2.75, 3.05) is 12.4 Å². The normalized spacial score (nSPS) is 24.0. The van der Waals surface area contributed by atoms with Gasteiger partial charge in [0.2, 0.25) is 0 Å². The Hall–Kier alpha value is -2.62. The number of fused-ring (bicyclic) bond motifs is 3. The van der Waals surface area contributed by atoms with Crippen LogP contribution in [0.4, 0.5) is 10.1 Å². The van der Waals surface area contributed by atoms with Crippen molar-refractivity contribution in [3.8, 4) is 0 Å². The molecule has 0 saturated heterocycles. The summed E-state index contributed by atoms with van der Waals surface area (Å²) in [4.78, 5) is 11.6. The van der Waals surface area contributed by atoms with Crippen LogP contribution < -0.4 is 5.32 Å². The zero-order chi connectivity index (χ0) is 16.7. The number of hydrogen-bond donors (Lipinski definition) is 1. The van der Waals surface area contributed by atoms with Gasteiger partial charge in [-0.05, 0) is 41.7 Å². The number of allylic oxidation sites excluding steroid dienone is 2. The second-order valence-electron chi connectivity index (χ2n) is 6.29. The molecule has 2 aromatic carbocycles. The van der Waals surface area contributed by atoms with Gasteiger partial charge in [0.1, 0.15) is 5.82 Å². The number of methoxy groups -OCH3 is 1. The number of carbonyl (C=O) groups excluding carboxylic acids is 1. The molecule has 3 nitrogen and oxygen atoms in total. The van der Waals surface area contributed by atoms with E-state index in [0.29, 0.717) is 17.2 Å². The van der Waals surface area contributed by atoms with Crippen molar-refractivity contribution >= 4 is 11.7 Å². The monoisotopic (exact) mass is 323 g/mol. The Balaban J connectivity index is 1.71. The fourth-order valence-corrected chi connectivity index (χ4v) is 3.86. The molecule has 0 aromatic heterocycles. The SMILES string of the molecule is COC(=O)c1ccc([C@@H]2Nc3c(F)cccc3[C@@H]3C=CC[C@@H]32)cc1. The van der Waals surface area contributed by atoms with E-state index in [1.54, 1.807) is 18.2 Å². The average Bonchev–Trinajstić information content (AvgIpc) is 3.11. The first-order chi connectivity index (χ1) is 11.7. The van der Waals surface area contributed by atoms with Gasteiger partial charge in [0.25, 0.3) is 0 Å². The molecule has 4 rings (SSSR count). The zero-order valence-electron chi connectivity index (χ0n) is 13.3. The molecule has 0 radical (unpaired) electrons. The molecule has 0 saturated carbocycles. The molecule has 2 aliphatic rings. The number of anilines is 1. The Morgan fingerprint density at radius 3 is 2.75 bits per heavy atom. The van der Waals surface area contributed by atoms with Crippen molar-refractivity contribution in [3.05, 3.63) is 77.1 Å². The van der Waals surface area contributed by atoms with Gasteiger partial charge in [0, 0.05) is 5.92 Å². The fraction of sp³-hybridized carbons (Fsp3) is 0.250. The standard InChI is InChI=1S/C20H18FNO2/c1-24-20(23)13-10-8-12(9-11-13)18-15-5-2-4-14(15)16-6-3-7-17(21)19(16)22-18/h2-4,6-11,14-15,18,22H,5H2,1H3/t14-,15+,18+/m1/s1. The van der Waals surface area contributed by atoms with E-state index in [4.69, 9.17) is 4.74 Å². The highest BCUT2D eigenvalue weighted by atomic mass is 19.1. The molecule has 0 unspecified atom stereocenters. The summed E-state index contributed by atoms with van der Waals surface area (Å²) in [5, 5.41) is 3.38. The third-order valence-electron chi connectivity index (χ3n) is 5.04. The smallest absolute Gasteiger partial charge is 0.337 e. The van der Waals surface area contributed by atoms with Crippen LogP contribution in [-0.2, 0) is 4.74 Å². The van der Waals surface area contributed by atoms with Crippen molar-refractivity contribution in [3.63, 3.8) is 0 Å². The lowest BCUT2D eigenvalue weighted by Crippen LogP contribution is -2.29. The van der Waals surface area contributed by atoms with Crippen LogP contribution in [0.3, 0.4) is 0 Å². The molecule has 24 heavy (non-hydrogen) atoms. The largest absolute Gasteiger partial charge is 0.465 e. The molecule has 2 aromatic rings. The van der Waals surface area contributed by atoms with Crippen molar-refractivity contribution in [2.45, 2.75) is 18.4 Å². The van der Waals surface area contributed by atoms with Gasteiger partial charge in [0.05, 0.1) is 24.4 Å². The third-order valence-corrected chi connectivity index (χ3v) is 5.04. The molecule has 3 atom stereocenters. The molecule has 0 bridgehead atoms. The Labute approximate surface area is 140 Å². The molecular formula is C20H18FNO2. The molecular weight excluding hydrogens is 305 g/mol. The van der Waals surface area contributed by atoms with E-state index in [1.165, 1.54) is 13.2 Å². The van der Waals surface area contributed by atoms with Gasteiger partial charge < -0.3 is 10.1 Å². The number of carbonyl (C=O) groups is 1. The first-order valence-corrected chi connectivity index (χ1v) is 8.09. The van der Waals surface area contributed by atoms with Crippen molar-refractivity contribution in [2.24, 2.45) is 5.92 Å². The summed E-state index contributed by atoms with van der Waals surface area (Å²) < 4.78 is 19.0. The van der Waals surface area contributed by atoms with Gasteiger partial charge in [-0.2, -0.15) is 0 Å². The zero-order valence-corrected chi connectivity index (χ0v) is 13.3. The van der Waals surface area contributed by atoms with Crippen LogP contribution >= 0.6 is 0 Å². The average molecular weight is 323 g/mol. The Kier molecular flexibility index (Phi) is 3.60. The van der Waals surface area contributed by atoms with Crippen LogP contribution in [0.5, 0.6) is 0 Å². The predicted molar refractivity (Wildman–Crippen MR) is 90.5 cm³/mol. The van der Waals surface area contributed by atoms with Gasteiger partial charge in [0.15, 0.2) is 0 Å². The van der Waals surface area contributed by atoms with Gasteiger partial charge in [-0.1, -0.05) is 36.4 Å². The first kappa shape index (κ1) is 14.9. The number of para-hydroxylation sites is 1. The lowest BCUT2D eigenvalue weighted by molar-refractivity contribution is 0.0600. The van der Waals surface area contributed by atoms with Crippen molar-refractivity contribution in [1.29, 1.82) is 0 Å². The van der Waals surface area contributed by atoms with Crippen LogP contribution in [0, 0.1) is 11.7 Å². The van der Waals surface area contributed by atoms with Gasteiger partial charge in [-0.25, -0.2) is 9.18 Å². The summed E-state index contributed by atoms with van der Waals surface area (Å²) in [5.41, 5.74) is 3.18. The van der Waals surface area contributed by atoms with E-state index in [9.17, 15) is 9.18 Å². The Bertz CT molecular complexity index is 813. The second kappa shape index (κ2) is 5.78. The van der Waals surface area contributed by atoms with E-state index in [1.807, 2.05) is 18.2 Å². The summed E-state index contributed by atoms with van der Waals surface area (Å²) in [6.07, 6.45) is 5.31. The maximum Gasteiger partial charge on any atom is 0.337 e. The fourth-order valence-electron chi connectivity index (χ4n) is 3.86. The van der Waals surface area contributed by atoms with Gasteiger partial charge in [-0.15, -0.1) is 0 Å². The van der Waals surface area contributed by atoms with E-state index in [-0.39, 0.29) is 23.7 Å². The van der Waals surface area contributed by atoms with Crippen LogP contribution in [0.25, 0.3) is 0 Å². The highest BCUT2D eigenvalue weighted by Crippen LogP contribution is 2.50. The van der Waals surface area contributed by atoms with Crippen LogP contribution in [0.15, 0.2) is 54.6 Å². The van der Waals surface area contributed by atoms with E-state index >= 15 is 0 Å². The number of benzene rings is 2. The summed E-state index contributed by atoms with van der Waals surface area (Å²) in [6.45, 7) is 0. The number of rotatable bonds is 2. The second-order valence-corrected chi connectivity index (χ2v) is 6.29. The Morgan fingerprint density at radius 2 is 2.00 bits per heavy atom.